The van der Waals surface area contributed by atoms with Gasteiger partial charge >= 0.3 is 0 Å². The molecule has 0 radical (unpaired) electrons. The molecule has 0 amide bonds. The predicted octanol–water partition coefficient (Wildman–Crippen LogP) is 5.62. The first-order valence-electron chi connectivity index (χ1n) is 8.83. The number of nitrogen functional groups attached to an aromatic ring is 1. The fourth-order valence-corrected chi connectivity index (χ4v) is 2.78. The first kappa shape index (κ1) is 17.2. The van der Waals surface area contributed by atoms with Crippen LogP contribution in [0.3, 0.4) is 0 Å². The van der Waals surface area contributed by atoms with E-state index in [0.29, 0.717) is 0 Å². The van der Waals surface area contributed by atoms with Crippen LogP contribution in [0.15, 0.2) is 48.0 Å². The van der Waals surface area contributed by atoms with Gasteiger partial charge < -0.3 is 5.73 Å². The Balaban J connectivity index is 0.000000150. The summed E-state index contributed by atoms with van der Waals surface area (Å²) in [6.45, 7) is 2.05. The van der Waals surface area contributed by atoms with Gasteiger partial charge in [0, 0.05) is 17.8 Å². The summed E-state index contributed by atoms with van der Waals surface area (Å²) in [5, 5.41) is 10.4. The van der Waals surface area contributed by atoms with Crippen molar-refractivity contribution < 1.29 is 4.92 Å². The summed E-state index contributed by atoms with van der Waals surface area (Å²) in [6, 6.07) is 13.1. The molecule has 2 aliphatic rings. The normalized spacial score (nSPS) is 15.6. The molecule has 4 rings (SSSR count). The molecule has 0 spiro atoms. The Morgan fingerprint density at radius 1 is 1.12 bits per heavy atom. The Morgan fingerprint density at radius 3 is 2.28 bits per heavy atom. The Bertz CT molecular complexity index is 784. The number of nitrogens with two attached hydrogens (primary N) is 1. The number of hydrogen-bond donors (Lipinski definition) is 1. The summed E-state index contributed by atoms with van der Waals surface area (Å²) in [7, 11) is 0. The third kappa shape index (κ3) is 4.69. The van der Waals surface area contributed by atoms with Crippen molar-refractivity contribution in [3.05, 3.63) is 74.8 Å². The zero-order valence-electron chi connectivity index (χ0n) is 14.6. The van der Waals surface area contributed by atoms with Crippen molar-refractivity contribution in [2.45, 2.75) is 44.9 Å². The van der Waals surface area contributed by atoms with Crippen LogP contribution in [0, 0.1) is 17.0 Å². The summed E-state index contributed by atoms with van der Waals surface area (Å²) < 4.78 is 0. The van der Waals surface area contributed by atoms with Gasteiger partial charge in [-0.25, -0.2) is 0 Å². The largest absolute Gasteiger partial charge is 0.399 e. The van der Waals surface area contributed by atoms with Gasteiger partial charge in [-0.3, -0.25) is 10.1 Å². The fraction of sp³-hybridized carbons (Fsp3) is 0.333. The van der Waals surface area contributed by atoms with Crippen molar-refractivity contribution >= 4 is 17.5 Å². The standard InChI is InChI=1S/C11H11NO2.C10H13N/c13-12(14)11-6-4-10(5-7-11)8-9-2-1-3-9;1-7-2-3-9(6-10(7)11)8-4-5-8/h4-8H,1-3H2;2-3,6,8H,4-5,11H2,1H3. The maximum absolute atomic E-state index is 10.4. The Morgan fingerprint density at radius 2 is 1.80 bits per heavy atom. The lowest BCUT2D eigenvalue weighted by Gasteiger charge is -2.15. The predicted molar refractivity (Wildman–Crippen MR) is 102 cm³/mol. The van der Waals surface area contributed by atoms with Gasteiger partial charge in [0.25, 0.3) is 5.69 Å². The summed E-state index contributed by atoms with van der Waals surface area (Å²) >= 11 is 0. The van der Waals surface area contributed by atoms with Crippen molar-refractivity contribution in [3.63, 3.8) is 0 Å². The molecule has 0 heterocycles. The highest BCUT2D eigenvalue weighted by atomic mass is 16.6. The van der Waals surface area contributed by atoms with E-state index >= 15 is 0 Å². The van der Waals surface area contributed by atoms with E-state index in [-0.39, 0.29) is 10.6 Å². The monoisotopic (exact) mass is 336 g/mol. The second-order valence-electron chi connectivity index (χ2n) is 6.90. The van der Waals surface area contributed by atoms with Crippen molar-refractivity contribution in [2.24, 2.45) is 0 Å². The van der Waals surface area contributed by atoms with E-state index in [2.05, 4.69) is 24.3 Å². The molecule has 2 aromatic rings. The number of aryl methyl sites for hydroxylation is 1. The lowest BCUT2D eigenvalue weighted by molar-refractivity contribution is -0.384. The average Bonchev–Trinajstić information content (AvgIpc) is 3.40. The first-order chi connectivity index (χ1) is 12.0. The average molecular weight is 336 g/mol. The van der Waals surface area contributed by atoms with Gasteiger partial charge in [-0.2, -0.15) is 0 Å². The second-order valence-corrected chi connectivity index (χ2v) is 6.90. The molecule has 4 heteroatoms. The number of anilines is 1. The van der Waals surface area contributed by atoms with Crippen LogP contribution in [0.2, 0.25) is 0 Å². The van der Waals surface area contributed by atoms with Crippen LogP contribution in [-0.2, 0) is 0 Å². The van der Waals surface area contributed by atoms with E-state index < -0.39 is 0 Å². The van der Waals surface area contributed by atoms with Crippen LogP contribution in [-0.4, -0.2) is 4.92 Å². The van der Waals surface area contributed by atoms with Crippen molar-refractivity contribution in [3.8, 4) is 0 Å². The highest BCUT2D eigenvalue weighted by Crippen LogP contribution is 2.40. The summed E-state index contributed by atoms with van der Waals surface area (Å²) in [4.78, 5) is 10.0. The molecule has 25 heavy (non-hydrogen) atoms. The zero-order valence-corrected chi connectivity index (χ0v) is 14.6. The van der Waals surface area contributed by atoms with E-state index in [1.54, 1.807) is 24.3 Å². The Labute approximate surface area is 148 Å². The molecule has 2 aromatic carbocycles. The molecule has 0 atom stereocenters. The topological polar surface area (TPSA) is 69.2 Å². The van der Waals surface area contributed by atoms with Gasteiger partial charge in [0.1, 0.15) is 0 Å². The van der Waals surface area contributed by atoms with Gasteiger partial charge in [-0.15, -0.1) is 0 Å². The number of non-ortho nitro benzene ring substituents is 1. The smallest absolute Gasteiger partial charge is 0.269 e. The molecule has 4 nitrogen and oxygen atoms in total. The molecular formula is C21H24N2O2. The van der Waals surface area contributed by atoms with E-state index in [0.717, 1.165) is 17.2 Å². The lowest BCUT2D eigenvalue weighted by atomic mass is 9.91. The Kier molecular flexibility index (Phi) is 5.17. The van der Waals surface area contributed by atoms with Crippen LogP contribution in [0.4, 0.5) is 11.4 Å². The van der Waals surface area contributed by atoms with Gasteiger partial charge in [-0.05, 0) is 79.8 Å². The number of nitro benzene ring substituents is 1. The molecule has 2 N–H and O–H groups in total. The summed E-state index contributed by atoms with van der Waals surface area (Å²) in [5.41, 5.74) is 12.0. The third-order valence-corrected chi connectivity index (χ3v) is 4.82. The Hall–Kier alpha value is -2.62. The first-order valence-corrected chi connectivity index (χ1v) is 8.83. The van der Waals surface area contributed by atoms with Crippen molar-refractivity contribution in [2.75, 3.05) is 5.73 Å². The van der Waals surface area contributed by atoms with Crippen LogP contribution in [0.5, 0.6) is 0 Å². The van der Waals surface area contributed by atoms with Crippen LogP contribution in [0.1, 0.15) is 54.7 Å². The molecule has 0 unspecified atom stereocenters. The maximum Gasteiger partial charge on any atom is 0.269 e. The molecule has 2 fully saturated rings. The fourth-order valence-electron chi connectivity index (χ4n) is 2.78. The SMILES string of the molecule is Cc1ccc(C2CC2)cc1N.O=[N+]([O-])c1ccc(C=C2CCC2)cc1. The van der Waals surface area contributed by atoms with E-state index in [9.17, 15) is 10.1 Å². The minimum Gasteiger partial charge on any atom is -0.399 e. The van der Waals surface area contributed by atoms with Gasteiger partial charge in [-0.1, -0.05) is 23.8 Å². The number of nitrogens with zero attached hydrogens (tertiary/aromatic N) is 1. The van der Waals surface area contributed by atoms with E-state index in [1.165, 1.54) is 48.8 Å². The molecule has 2 saturated carbocycles. The minimum absolute atomic E-state index is 0.153. The van der Waals surface area contributed by atoms with Crippen LogP contribution < -0.4 is 5.73 Å². The lowest BCUT2D eigenvalue weighted by Crippen LogP contribution is -1.95. The third-order valence-electron chi connectivity index (χ3n) is 4.82. The highest BCUT2D eigenvalue weighted by molar-refractivity contribution is 5.55. The summed E-state index contributed by atoms with van der Waals surface area (Å²) in [6.07, 6.45) is 8.45. The molecule has 2 aliphatic carbocycles. The van der Waals surface area contributed by atoms with E-state index in [1.807, 2.05) is 6.92 Å². The van der Waals surface area contributed by atoms with Gasteiger partial charge in [0.15, 0.2) is 0 Å². The van der Waals surface area contributed by atoms with Crippen LogP contribution in [0.25, 0.3) is 6.08 Å². The molecule has 0 aliphatic heterocycles. The second kappa shape index (κ2) is 7.51. The minimum atomic E-state index is -0.375. The molecule has 0 saturated heterocycles. The van der Waals surface area contributed by atoms with Crippen molar-refractivity contribution in [1.29, 1.82) is 0 Å². The number of benzene rings is 2. The van der Waals surface area contributed by atoms with Crippen molar-refractivity contribution in [1.82, 2.24) is 0 Å². The molecule has 130 valence electrons. The number of allylic oxidation sites excluding steroid dienone is 1. The molecular weight excluding hydrogens is 312 g/mol. The zero-order chi connectivity index (χ0) is 17.8. The quantitative estimate of drug-likeness (QED) is 0.449. The number of rotatable bonds is 3. The number of hydrogen-bond acceptors (Lipinski definition) is 3. The summed E-state index contributed by atoms with van der Waals surface area (Å²) in [5.74, 6) is 0.817. The highest BCUT2D eigenvalue weighted by Gasteiger charge is 2.23. The van der Waals surface area contributed by atoms with Gasteiger partial charge in [0.2, 0.25) is 0 Å². The van der Waals surface area contributed by atoms with E-state index in [4.69, 9.17) is 5.73 Å². The van der Waals surface area contributed by atoms with Crippen LogP contribution >= 0.6 is 0 Å². The maximum atomic E-state index is 10.4. The molecule has 0 aromatic heterocycles. The number of nitro groups is 1. The van der Waals surface area contributed by atoms with Gasteiger partial charge in [0.05, 0.1) is 4.92 Å². The molecule has 0 bridgehead atoms.